The maximum Gasteiger partial charge on any atom is 0.131 e. The summed E-state index contributed by atoms with van der Waals surface area (Å²) in [7, 11) is 1.67. The molecule has 0 amide bonds. The van der Waals surface area contributed by atoms with Gasteiger partial charge in [0.25, 0.3) is 0 Å². The largest absolute Gasteiger partial charge is 0.383 e. The summed E-state index contributed by atoms with van der Waals surface area (Å²) < 4.78 is 5.06. The quantitative estimate of drug-likeness (QED) is 0.731. The van der Waals surface area contributed by atoms with Crippen LogP contribution >= 0.6 is 0 Å². The summed E-state index contributed by atoms with van der Waals surface area (Å²) >= 11 is 0. The monoisotopic (exact) mass is 219 g/mol. The molecule has 0 bridgehead atoms. The first kappa shape index (κ1) is 12.5. The second-order valence-electron chi connectivity index (χ2n) is 3.53. The maximum atomic E-state index is 8.63. The van der Waals surface area contributed by atoms with Gasteiger partial charge in [-0.2, -0.15) is 5.26 Å². The zero-order valence-electron chi connectivity index (χ0n) is 9.81. The average molecular weight is 219 g/mol. The topological polar surface area (TPSA) is 49.1 Å². The van der Waals surface area contributed by atoms with Crippen molar-refractivity contribution in [3.05, 3.63) is 23.9 Å². The molecule has 0 spiro atoms. The van der Waals surface area contributed by atoms with Crippen LogP contribution in [-0.4, -0.2) is 31.8 Å². The Kier molecular flexibility index (Phi) is 5.30. The van der Waals surface area contributed by atoms with Crippen molar-refractivity contribution in [2.24, 2.45) is 0 Å². The van der Waals surface area contributed by atoms with Gasteiger partial charge in [-0.3, -0.25) is 0 Å². The first-order valence-electron chi connectivity index (χ1n) is 5.32. The highest BCUT2D eigenvalue weighted by atomic mass is 16.5. The Hall–Kier alpha value is -1.60. The van der Waals surface area contributed by atoms with Crippen molar-refractivity contribution in [1.29, 1.82) is 5.26 Å². The van der Waals surface area contributed by atoms with Gasteiger partial charge in [-0.05, 0) is 18.6 Å². The van der Waals surface area contributed by atoms with Crippen molar-refractivity contribution in [3.63, 3.8) is 0 Å². The maximum absolute atomic E-state index is 8.63. The van der Waals surface area contributed by atoms with Crippen LogP contribution in [0.3, 0.4) is 0 Å². The minimum absolute atomic E-state index is 0.500. The van der Waals surface area contributed by atoms with E-state index in [1.165, 1.54) is 0 Å². The first-order chi connectivity index (χ1) is 7.79. The number of nitriles is 1. The van der Waals surface area contributed by atoms with Gasteiger partial charge in [0.1, 0.15) is 5.82 Å². The van der Waals surface area contributed by atoms with Crippen molar-refractivity contribution in [2.75, 3.05) is 31.7 Å². The Labute approximate surface area is 96.5 Å². The predicted octanol–water partition coefficient (Wildman–Crippen LogP) is 1.76. The standard InChI is InChI=1S/C12H17N3O/c1-11-5-3-7-14-12(11)15(8-4-6-13)9-10-16-2/h3,5,7H,4,8-10H2,1-2H3. The van der Waals surface area contributed by atoms with E-state index in [0.29, 0.717) is 19.6 Å². The Morgan fingerprint density at radius 2 is 2.31 bits per heavy atom. The normalized spacial score (nSPS) is 9.81. The summed E-state index contributed by atoms with van der Waals surface area (Å²) in [6, 6.07) is 6.09. The van der Waals surface area contributed by atoms with Crippen molar-refractivity contribution < 1.29 is 4.74 Å². The summed E-state index contributed by atoms with van der Waals surface area (Å²) in [5.41, 5.74) is 1.12. The Morgan fingerprint density at radius 1 is 1.50 bits per heavy atom. The molecule has 0 fully saturated rings. The molecule has 4 heteroatoms. The number of hydrogen-bond acceptors (Lipinski definition) is 4. The molecule has 0 radical (unpaired) electrons. The lowest BCUT2D eigenvalue weighted by atomic mass is 10.2. The van der Waals surface area contributed by atoms with Crippen molar-refractivity contribution in [2.45, 2.75) is 13.3 Å². The van der Waals surface area contributed by atoms with E-state index >= 15 is 0 Å². The smallest absolute Gasteiger partial charge is 0.131 e. The molecule has 86 valence electrons. The highest BCUT2D eigenvalue weighted by molar-refractivity contribution is 5.45. The van der Waals surface area contributed by atoms with Gasteiger partial charge < -0.3 is 9.64 Å². The molecule has 0 N–H and O–H groups in total. The van der Waals surface area contributed by atoms with Gasteiger partial charge >= 0.3 is 0 Å². The first-order valence-corrected chi connectivity index (χ1v) is 5.32. The Balaban J connectivity index is 2.75. The van der Waals surface area contributed by atoms with Gasteiger partial charge in [-0.15, -0.1) is 0 Å². The fourth-order valence-electron chi connectivity index (χ4n) is 1.52. The van der Waals surface area contributed by atoms with E-state index in [2.05, 4.69) is 16.0 Å². The zero-order valence-corrected chi connectivity index (χ0v) is 9.81. The van der Waals surface area contributed by atoms with E-state index in [1.54, 1.807) is 13.3 Å². The molecule has 1 aromatic rings. The van der Waals surface area contributed by atoms with Crippen molar-refractivity contribution in [1.82, 2.24) is 4.98 Å². The van der Waals surface area contributed by atoms with Crippen LogP contribution in [0.5, 0.6) is 0 Å². The predicted molar refractivity (Wildman–Crippen MR) is 63.3 cm³/mol. The van der Waals surface area contributed by atoms with Gasteiger partial charge in [0.15, 0.2) is 0 Å². The molecule has 0 aromatic carbocycles. The van der Waals surface area contributed by atoms with Crippen LogP contribution in [-0.2, 0) is 4.74 Å². The lowest BCUT2D eigenvalue weighted by molar-refractivity contribution is 0.205. The molecule has 0 aliphatic carbocycles. The van der Waals surface area contributed by atoms with Crippen LogP contribution < -0.4 is 4.90 Å². The van der Waals surface area contributed by atoms with E-state index in [4.69, 9.17) is 10.00 Å². The molecule has 0 aliphatic heterocycles. The fraction of sp³-hybridized carbons (Fsp3) is 0.500. The molecular formula is C12H17N3O. The number of aromatic nitrogens is 1. The number of anilines is 1. The van der Waals surface area contributed by atoms with Gasteiger partial charge in [0.2, 0.25) is 0 Å². The lowest BCUT2D eigenvalue weighted by Crippen LogP contribution is -2.29. The average Bonchev–Trinajstić information content (AvgIpc) is 2.31. The second kappa shape index (κ2) is 6.81. The molecule has 0 aliphatic rings. The number of hydrogen-bond donors (Lipinski definition) is 0. The van der Waals surface area contributed by atoms with Crippen LogP contribution in [0.25, 0.3) is 0 Å². The molecule has 0 saturated heterocycles. The summed E-state index contributed by atoms with van der Waals surface area (Å²) in [4.78, 5) is 6.43. The zero-order chi connectivity index (χ0) is 11.8. The van der Waals surface area contributed by atoms with Gasteiger partial charge in [0, 0.05) is 26.4 Å². The number of rotatable bonds is 6. The lowest BCUT2D eigenvalue weighted by Gasteiger charge is -2.23. The summed E-state index contributed by atoms with van der Waals surface area (Å²) in [6.07, 6.45) is 2.27. The fourth-order valence-corrected chi connectivity index (χ4v) is 1.52. The Bertz CT molecular complexity index is 360. The highest BCUT2D eigenvalue weighted by Gasteiger charge is 2.09. The second-order valence-corrected chi connectivity index (χ2v) is 3.53. The molecule has 0 unspecified atom stereocenters. The number of aryl methyl sites for hydroxylation is 1. The van der Waals surface area contributed by atoms with E-state index < -0.39 is 0 Å². The molecule has 16 heavy (non-hydrogen) atoms. The van der Waals surface area contributed by atoms with Gasteiger partial charge in [-0.25, -0.2) is 4.98 Å². The van der Waals surface area contributed by atoms with Crippen LogP contribution in [0.4, 0.5) is 5.82 Å². The van der Waals surface area contributed by atoms with Crippen molar-refractivity contribution in [3.8, 4) is 6.07 Å². The van der Waals surface area contributed by atoms with Crippen LogP contribution in [0.15, 0.2) is 18.3 Å². The molecule has 0 saturated carbocycles. The van der Waals surface area contributed by atoms with E-state index in [9.17, 15) is 0 Å². The SMILES string of the molecule is COCCN(CCC#N)c1ncccc1C. The molecule has 1 rings (SSSR count). The van der Waals surface area contributed by atoms with Gasteiger partial charge in [0.05, 0.1) is 19.1 Å². The van der Waals surface area contributed by atoms with Crippen LogP contribution in [0.2, 0.25) is 0 Å². The number of pyridine rings is 1. The third kappa shape index (κ3) is 3.52. The minimum atomic E-state index is 0.500. The number of methoxy groups -OCH3 is 1. The van der Waals surface area contributed by atoms with E-state index in [0.717, 1.165) is 17.9 Å². The molecule has 1 aromatic heterocycles. The van der Waals surface area contributed by atoms with Crippen LogP contribution in [0, 0.1) is 18.3 Å². The number of nitrogens with zero attached hydrogens (tertiary/aromatic N) is 3. The summed E-state index contributed by atoms with van der Waals surface area (Å²) in [5, 5.41) is 8.63. The molecule has 1 heterocycles. The molecular weight excluding hydrogens is 202 g/mol. The Morgan fingerprint density at radius 3 is 2.94 bits per heavy atom. The third-order valence-corrected chi connectivity index (χ3v) is 2.34. The van der Waals surface area contributed by atoms with E-state index in [1.807, 2.05) is 19.1 Å². The highest BCUT2D eigenvalue weighted by Crippen LogP contribution is 2.15. The summed E-state index contributed by atoms with van der Waals surface area (Å²) in [5.74, 6) is 0.940. The van der Waals surface area contributed by atoms with E-state index in [-0.39, 0.29) is 0 Å². The van der Waals surface area contributed by atoms with Gasteiger partial charge in [-0.1, -0.05) is 6.07 Å². The van der Waals surface area contributed by atoms with Crippen molar-refractivity contribution >= 4 is 5.82 Å². The molecule has 4 nitrogen and oxygen atoms in total. The third-order valence-electron chi connectivity index (χ3n) is 2.34. The molecule has 0 atom stereocenters. The number of ether oxygens (including phenoxy) is 1. The minimum Gasteiger partial charge on any atom is -0.383 e. The summed E-state index contributed by atoms with van der Waals surface area (Å²) in [6.45, 7) is 4.11. The van der Waals surface area contributed by atoms with Crippen LogP contribution in [0.1, 0.15) is 12.0 Å².